The van der Waals surface area contributed by atoms with Crippen LogP contribution in [0, 0.1) is 5.82 Å². The second kappa shape index (κ2) is 9.02. The molecule has 1 amide bonds. The number of fused-ring (bicyclic) bond motifs is 1. The minimum absolute atomic E-state index is 0.0267. The zero-order valence-electron chi connectivity index (χ0n) is 18.2. The lowest BCUT2D eigenvalue weighted by Crippen LogP contribution is -2.41. The third-order valence-electron chi connectivity index (χ3n) is 5.35. The quantitative estimate of drug-likeness (QED) is 0.717. The summed E-state index contributed by atoms with van der Waals surface area (Å²) in [5.41, 5.74) is 2.97. The number of carbonyl (C=O) groups excluding carboxylic acids is 1. The minimum Gasteiger partial charge on any atom is -0.508 e. The van der Waals surface area contributed by atoms with Gasteiger partial charge in [0.05, 0.1) is 6.04 Å². The molecule has 1 aliphatic rings. The highest BCUT2D eigenvalue weighted by Gasteiger charge is 2.33. The zero-order valence-corrected chi connectivity index (χ0v) is 18.2. The van der Waals surface area contributed by atoms with Crippen LogP contribution in [0.5, 0.6) is 5.75 Å². The molecule has 30 heavy (non-hydrogen) atoms. The molecule has 1 aromatic heterocycles. The minimum atomic E-state index is -0.627. The van der Waals surface area contributed by atoms with Gasteiger partial charge in [-0.3, -0.25) is 4.98 Å². The van der Waals surface area contributed by atoms with Crippen LogP contribution in [0.4, 0.5) is 9.18 Å². The van der Waals surface area contributed by atoms with Gasteiger partial charge in [-0.2, -0.15) is 0 Å². The van der Waals surface area contributed by atoms with Crippen molar-refractivity contribution in [3.05, 3.63) is 58.7 Å². The number of carbonyl (C=O) groups is 1. The monoisotopic (exact) mass is 414 g/mol. The van der Waals surface area contributed by atoms with Crippen LogP contribution in [0.2, 0.25) is 0 Å². The SMILES string of the molecule is CCc1ccc2c(n1)CCCC2N(CCc1cc(F)ccc1O)C(=O)OC(C)(C)C. The number of hydrogen-bond donors (Lipinski definition) is 1. The van der Waals surface area contributed by atoms with Crippen molar-refractivity contribution in [1.29, 1.82) is 0 Å². The van der Waals surface area contributed by atoms with Crippen LogP contribution in [0.1, 0.15) is 69.1 Å². The highest BCUT2D eigenvalue weighted by molar-refractivity contribution is 5.69. The van der Waals surface area contributed by atoms with Crippen molar-refractivity contribution >= 4 is 6.09 Å². The van der Waals surface area contributed by atoms with Crippen LogP contribution in [0.3, 0.4) is 0 Å². The van der Waals surface area contributed by atoms with E-state index in [2.05, 4.69) is 13.0 Å². The summed E-state index contributed by atoms with van der Waals surface area (Å²) in [5.74, 6) is -0.384. The molecular weight excluding hydrogens is 383 g/mol. The molecule has 1 atom stereocenters. The van der Waals surface area contributed by atoms with Gasteiger partial charge in [0.1, 0.15) is 17.2 Å². The standard InChI is InChI=1S/C24H31FN2O3/c1-5-18-10-11-19-20(26-18)7-6-8-21(19)27(23(29)30-24(2,3)4)14-13-16-15-17(25)9-12-22(16)28/h9-12,15,21,28H,5-8,13-14H2,1-4H3. The first-order chi connectivity index (χ1) is 14.2. The molecule has 1 heterocycles. The van der Waals surface area contributed by atoms with Crippen molar-refractivity contribution in [3.8, 4) is 5.75 Å². The summed E-state index contributed by atoms with van der Waals surface area (Å²) >= 11 is 0. The summed E-state index contributed by atoms with van der Waals surface area (Å²) in [5, 5.41) is 10.1. The number of ether oxygens (including phenoxy) is 1. The third kappa shape index (κ3) is 5.29. The van der Waals surface area contributed by atoms with Gasteiger partial charge in [-0.1, -0.05) is 13.0 Å². The van der Waals surface area contributed by atoms with E-state index < -0.39 is 17.5 Å². The van der Waals surface area contributed by atoms with E-state index in [9.17, 15) is 14.3 Å². The zero-order chi connectivity index (χ0) is 21.9. The maximum Gasteiger partial charge on any atom is 0.410 e. The van der Waals surface area contributed by atoms with Crippen LogP contribution in [-0.2, 0) is 24.0 Å². The van der Waals surface area contributed by atoms with Crippen molar-refractivity contribution < 1.29 is 19.0 Å². The maximum atomic E-state index is 13.7. The molecular formula is C24H31FN2O3. The number of pyridine rings is 1. The second-order valence-electron chi connectivity index (χ2n) is 8.80. The fraction of sp³-hybridized carbons (Fsp3) is 0.500. The van der Waals surface area contributed by atoms with Gasteiger partial charge in [0.2, 0.25) is 0 Å². The molecule has 3 rings (SSSR count). The fourth-order valence-electron chi connectivity index (χ4n) is 3.89. The molecule has 2 aromatic rings. The van der Waals surface area contributed by atoms with Crippen LogP contribution in [0.25, 0.3) is 0 Å². The number of rotatable bonds is 5. The number of aromatic hydroxyl groups is 1. The first-order valence-electron chi connectivity index (χ1n) is 10.6. The Labute approximate surface area is 177 Å². The second-order valence-corrected chi connectivity index (χ2v) is 8.80. The Morgan fingerprint density at radius 3 is 2.77 bits per heavy atom. The first kappa shape index (κ1) is 22.1. The van der Waals surface area contributed by atoms with Gasteiger partial charge in [0, 0.05) is 17.9 Å². The van der Waals surface area contributed by atoms with E-state index >= 15 is 0 Å². The molecule has 0 saturated heterocycles. The molecule has 1 N–H and O–H groups in total. The summed E-state index contributed by atoms with van der Waals surface area (Å²) in [4.78, 5) is 19.6. The molecule has 0 spiro atoms. The van der Waals surface area contributed by atoms with Gasteiger partial charge in [-0.15, -0.1) is 0 Å². The number of hydrogen-bond acceptors (Lipinski definition) is 4. The Kier molecular flexibility index (Phi) is 6.64. The van der Waals surface area contributed by atoms with Crippen molar-refractivity contribution in [2.45, 2.75) is 71.4 Å². The van der Waals surface area contributed by atoms with Crippen LogP contribution >= 0.6 is 0 Å². The lowest BCUT2D eigenvalue weighted by molar-refractivity contribution is 0.0141. The fourth-order valence-corrected chi connectivity index (χ4v) is 3.89. The number of aromatic nitrogens is 1. The molecule has 1 unspecified atom stereocenters. The van der Waals surface area contributed by atoms with Crippen molar-refractivity contribution in [2.24, 2.45) is 0 Å². The van der Waals surface area contributed by atoms with Crippen molar-refractivity contribution in [2.75, 3.05) is 6.54 Å². The van der Waals surface area contributed by atoms with E-state index in [0.29, 0.717) is 18.5 Å². The molecule has 1 aromatic carbocycles. The van der Waals surface area contributed by atoms with E-state index in [-0.39, 0.29) is 11.8 Å². The van der Waals surface area contributed by atoms with E-state index in [0.717, 1.165) is 42.6 Å². The van der Waals surface area contributed by atoms with E-state index in [1.807, 2.05) is 26.8 Å². The Morgan fingerprint density at radius 2 is 2.07 bits per heavy atom. The topological polar surface area (TPSA) is 62.7 Å². The summed E-state index contributed by atoms with van der Waals surface area (Å²) in [7, 11) is 0. The summed E-state index contributed by atoms with van der Waals surface area (Å²) in [6.45, 7) is 7.90. The smallest absolute Gasteiger partial charge is 0.410 e. The number of nitrogens with zero attached hydrogens (tertiary/aromatic N) is 2. The van der Waals surface area contributed by atoms with E-state index in [4.69, 9.17) is 9.72 Å². The van der Waals surface area contributed by atoms with Gasteiger partial charge in [0.15, 0.2) is 0 Å². The largest absolute Gasteiger partial charge is 0.508 e. The summed E-state index contributed by atoms with van der Waals surface area (Å²) < 4.78 is 19.3. The predicted octanol–water partition coefficient (Wildman–Crippen LogP) is 5.35. The Morgan fingerprint density at radius 1 is 1.30 bits per heavy atom. The van der Waals surface area contributed by atoms with E-state index in [1.165, 1.54) is 18.2 Å². The number of halogens is 1. The number of aryl methyl sites for hydroxylation is 2. The van der Waals surface area contributed by atoms with Gasteiger partial charge in [0.25, 0.3) is 0 Å². The molecule has 6 heteroatoms. The molecule has 0 radical (unpaired) electrons. The van der Waals surface area contributed by atoms with E-state index in [1.54, 1.807) is 4.90 Å². The highest BCUT2D eigenvalue weighted by atomic mass is 19.1. The lowest BCUT2D eigenvalue weighted by atomic mass is 9.89. The average molecular weight is 415 g/mol. The van der Waals surface area contributed by atoms with Crippen LogP contribution in [-0.4, -0.2) is 33.2 Å². The Hall–Kier alpha value is -2.63. The van der Waals surface area contributed by atoms with Gasteiger partial charge in [-0.05, 0) is 88.3 Å². The third-order valence-corrected chi connectivity index (χ3v) is 5.35. The first-order valence-corrected chi connectivity index (χ1v) is 10.6. The number of phenolic OH excluding ortho intramolecular Hbond substituents is 1. The normalized spacial score (nSPS) is 16.1. The Bertz CT molecular complexity index is 908. The maximum absolute atomic E-state index is 13.7. The molecule has 0 aliphatic heterocycles. The molecule has 0 fully saturated rings. The van der Waals surface area contributed by atoms with Crippen molar-refractivity contribution in [3.63, 3.8) is 0 Å². The molecule has 162 valence electrons. The van der Waals surface area contributed by atoms with Crippen LogP contribution < -0.4 is 0 Å². The number of phenols is 1. The molecule has 1 aliphatic carbocycles. The molecule has 5 nitrogen and oxygen atoms in total. The van der Waals surface area contributed by atoms with Gasteiger partial charge < -0.3 is 14.7 Å². The van der Waals surface area contributed by atoms with Crippen molar-refractivity contribution in [1.82, 2.24) is 9.88 Å². The summed E-state index contributed by atoms with van der Waals surface area (Å²) in [6.07, 6.45) is 3.43. The Balaban J connectivity index is 1.90. The van der Waals surface area contributed by atoms with Crippen LogP contribution in [0.15, 0.2) is 30.3 Å². The predicted molar refractivity (Wildman–Crippen MR) is 114 cm³/mol. The number of benzene rings is 1. The molecule has 0 bridgehead atoms. The van der Waals surface area contributed by atoms with Gasteiger partial charge in [-0.25, -0.2) is 9.18 Å². The average Bonchev–Trinajstić information content (AvgIpc) is 2.69. The van der Waals surface area contributed by atoms with Gasteiger partial charge >= 0.3 is 6.09 Å². The highest BCUT2D eigenvalue weighted by Crippen LogP contribution is 2.35. The summed E-state index contributed by atoms with van der Waals surface area (Å²) in [6, 6.07) is 7.81. The lowest BCUT2D eigenvalue weighted by Gasteiger charge is -2.36. The number of amides is 1. The molecule has 0 saturated carbocycles.